The fourth-order valence-electron chi connectivity index (χ4n) is 1.69. The number of carbonyl (C=O) groups is 1. The highest BCUT2D eigenvalue weighted by Gasteiger charge is 2.01. The molecule has 0 aromatic rings. The van der Waals surface area contributed by atoms with E-state index in [0.29, 0.717) is 0 Å². The van der Waals surface area contributed by atoms with Crippen molar-refractivity contribution >= 4 is 5.97 Å². The highest BCUT2D eigenvalue weighted by Crippen LogP contribution is 2.13. The number of hydrogen-bond donors (Lipinski definition) is 0. The molecule has 0 rings (SSSR count). The first-order valence-corrected chi connectivity index (χ1v) is 6.14. The molecule has 0 heterocycles. The summed E-state index contributed by atoms with van der Waals surface area (Å²) in [5.74, 6) is -0.673. The second-order valence-electron chi connectivity index (χ2n) is 4.34. The molecular weight excluding hydrogens is 200 g/mol. The average molecular weight is 223 g/mol. The van der Waals surface area contributed by atoms with Gasteiger partial charge in [-0.25, -0.2) is 0 Å². The molecule has 1 atom stereocenters. The summed E-state index contributed by atoms with van der Waals surface area (Å²) in [7, 11) is 0. The SMILES string of the molecule is C=C/C=C/CCCCCCC(C)CC(=O)[O-]. The van der Waals surface area contributed by atoms with Crippen LogP contribution in [0.4, 0.5) is 0 Å². The normalized spacial score (nSPS) is 12.8. The van der Waals surface area contributed by atoms with E-state index >= 15 is 0 Å². The molecule has 0 fully saturated rings. The predicted octanol–water partition coefficient (Wildman–Crippen LogP) is 2.85. The fraction of sp³-hybridized carbons (Fsp3) is 0.643. The van der Waals surface area contributed by atoms with Crippen molar-refractivity contribution in [1.82, 2.24) is 0 Å². The largest absolute Gasteiger partial charge is 0.550 e. The summed E-state index contributed by atoms with van der Waals surface area (Å²) in [6.45, 7) is 5.59. The Morgan fingerprint density at radius 3 is 2.62 bits per heavy atom. The molecule has 2 heteroatoms. The molecule has 1 unspecified atom stereocenters. The second kappa shape index (κ2) is 10.5. The quantitative estimate of drug-likeness (QED) is 0.422. The summed E-state index contributed by atoms with van der Waals surface area (Å²) in [5, 5.41) is 10.3. The second-order valence-corrected chi connectivity index (χ2v) is 4.34. The van der Waals surface area contributed by atoms with Gasteiger partial charge in [0, 0.05) is 5.97 Å². The summed E-state index contributed by atoms with van der Waals surface area (Å²) >= 11 is 0. The van der Waals surface area contributed by atoms with Gasteiger partial charge in [0.1, 0.15) is 0 Å². The molecule has 0 saturated carbocycles. The van der Waals surface area contributed by atoms with E-state index in [-0.39, 0.29) is 12.3 Å². The zero-order valence-corrected chi connectivity index (χ0v) is 10.3. The van der Waals surface area contributed by atoms with Gasteiger partial charge in [0.25, 0.3) is 0 Å². The van der Waals surface area contributed by atoms with Gasteiger partial charge in [0.05, 0.1) is 0 Å². The lowest BCUT2D eigenvalue weighted by molar-refractivity contribution is -0.306. The maximum Gasteiger partial charge on any atom is 0.0416 e. The van der Waals surface area contributed by atoms with E-state index in [1.807, 2.05) is 13.0 Å². The summed E-state index contributed by atoms with van der Waals surface area (Å²) in [6, 6.07) is 0. The molecule has 92 valence electrons. The van der Waals surface area contributed by atoms with Gasteiger partial charge >= 0.3 is 0 Å². The van der Waals surface area contributed by atoms with Crippen molar-refractivity contribution in [3.8, 4) is 0 Å². The highest BCUT2D eigenvalue weighted by molar-refractivity contribution is 5.64. The van der Waals surface area contributed by atoms with Gasteiger partial charge in [0.15, 0.2) is 0 Å². The molecule has 16 heavy (non-hydrogen) atoms. The summed E-state index contributed by atoms with van der Waals surface area (Å²) in [4.78, 5) is 10.3. The van der Waals surface area contributed by atoms with E-state index in [1.54, 1.807) is 6.08 Å². The van der Waals surface area contributed by atoms with Crippen molar-refractivity contribution < 1.29 is 9.90 Å². The van der Waals surface area contributed by atoms with Gasteiger partial charge < -0.3 is 9.90 Å². The van der Waals surface area contributed by atoms with Gasteiger partial charge in [-0.1, -0.05) is 57.4 Å². The molecule has 2 nitrogen and oxygen atoms in total. The van der Waals surface area contributed by atoms with Crippen LogP contribution in [0, 0.1) is 5.92 Å². The Bertz CT molecular complexity index is 219. The molecule has 0 aliphatic rings. The monoisotopic (exact) mass is 223 g/mol. The number of aliphatic carboxylic acids is 1. The number of carbonyl (C=O) groups excluding carboxylic acids is 1. The maximum absolute atomic E-state index is 10.3. The van der Waals surface area contributed by atoms with Crippen molar-refractivity contribution in [1.29, 1.82) is 0 Å². The number of allylic oxidation sites excluding steroid dienone is 3. The first-order chi connectivity index (χ1) is 7.66. The lowest BCUT2D eigenvalue weighted by Crippen LogP contribution is -2.24. The van der Waals surface area contributed by atoms with Crippen LogP contribution in [0.5, 0.6) is 0 Å². The number of rotatable bonds is 10. The molecule has 0 radical (unpaired) electrons. The van der Waals surface area contributed by atoms with Crippen molar-refractivity contribution in [2.45, 2.75) is 51.9 Å². The lowest BCUT2D eigenvalue weighted by Gasteiger charge is -2.11. The van der Waals surface area contributed by atoms with Crippen LogP contribution in [0.15, 0.2) is 24.8 Å². The average Bonchev–Trinajstić information content (AvgIpc) is 2.21. The van der Waals surface area contributed by atoms with Crippen molar-refractivity contribution in [3.05, 3.63) is 24.8 Å². The Morgan fingerprint density at radius 1 is 1.31 bits per heavy atom. The number of hydrogen-bond acceptors (Lipinski definition) is 2. The summed E-state index contributed by atoms with van der Waals surface area (Å²) in [5.41, 5.74) is 0. The van der Waals surface area contributed by atoms with Gasteiger partial charge in [-0.3, -0.25) is 0 Å². The number of carboxylic acid groups (broad SMARTS) is 1. The molecule has 0 aromatic heterocycles. The van der Waals surface area contributed by atoms with E-state index in [2.05, 4.69) is 12.7 Å². The van der Waals surface area contributed by atoms with Crippen LogP contribution in [0.3, 0.4) is 0 Å². The molecule has 0 bridgehead atoms. The molecule has 0 spiro atoms. The zero-order valence-electron chi connectivity index (χ0n) is 10.3. The first-order valence-electron chi connectivity index (χ1n) is 6.14. The Labute approximate surface area is 99.1 Å². The van der Waals surface area contributed by atoms with E-state index in [0.717, 1.165) is 19.3 Å². The third-order valence-electron chi connectivity index (χ3n) is 2.61. The van der Waals surface area contributed by atoms with Crippen LogP contribution in [-0.4, -0.2) is 5.97 Å². The number of carboxylic acids is 1. The Kier molecular flexibility index (Phi) is 9.78. The van der Waals surface area contributed by atoms with Crippen LogP contribution in [0.1, 0.15) is 51.9 Å². The maximum atomic E-state index is 10.3. The molecular formula is C14H23O2-. The Hall–Kier alpha value is -1.05. The summed E-state index contributed by atoms with van der Waals surface area (Å²) in [6.07, 6.45) is 13.0. The van der Waals surface area contributed by atoms with Gasteiger partial charge in [-0.2, -0.15) is 0 Å². The van der Waals surface area contributed by atoms with Gasteiger partial charge in [-0.15, -0.1) is 0 Å². The molecule has 0 aliphatic carbocycles. The fourth-order valence-corrected chi connectivity index (χ4v) is 1.69. The minimum absolute atomic E-state index is 0.197. The Balaban J connectivity index is 3.23. The number of unbranched alkanes of at least 4 members (excludes halogenated alkanes) is 4. The van der Waals surface area contributed by atoms with Crippen molar-refractivity contribution in [2.75, 3.05) is 0 Å². The van der Waals surface area contributed by atoms with Crippen LogP contribution in [-0.2, 0) is 4.79 Å². The smallest absolute Gasteiger partial charge is 0.0416 e. The Morgan fingerprint density at radius 2 is 2.00 bits per heavy atom. The molecule has 0 saturated heterocycles. The van der Waals surface area contributed by atoms with E-state index < -0.39 is 5.97 Å². The minimum Gasteiger partial charge on any atom is -0.550 e. The lowest BCUT2D eigenvalue weighted by atomic mass is 9.99. The summed E-state index contributed by atoms with van der Waals surface area (Å²) < 4.78 is 0. The minimum atomic E-state index is -0.929. The van der Waals surface area contributed by atoms with Gasteiger partial charge in [-0.05, 0) is 25.2 Å². The van der Waals surface area contributed by atoms with E-state index in [4.69, 9.17) is 0 Å². The van der Waals surface area contributed by atoms with Crippen molar-refractivity contribution in [2.24, 2.45) is 5.92 Å². The zero-order chi connectivity index (χ0) is 12.2. The predicted molar refractivity (Wildman–Crippen MR) is 65.8 cm³/mol. The third-order valence-corrected chi connectivity index (χ3v) is 2.61. The van der Waals surface area contributed by atoms with Crippen LogP contribution in [0.2, 0.25) is 0 Å². The molecule has 0 aromatic carbocycles. The van der Waals surface area contributed by atoms with Crippen molar-refractivity contribution in [3.63, 3.8) is 0 Å². The van der Waals surface area contributed by atoms with E-state index in [1.165, 1.54) is 19.3 Å². The third kappa shape index (κ3) is 11.0. The first kappa shape index (κ1) is 14.9. The van der Waals surface area contributed by atoms with Crippen LogP contribution < -0.4 is 5.11 Å². The molecule has 0 N–H and O–H groups in total. The molecule has 0 amide bonds. The standard InChI is InChI=1S/C14H24O2/c1-3-4-5-6-7-8-9-10-11-13(2)12-14(15)16/h3-5,13H,1,6-12H2,2H3,(H,15,16)/p-1/b5-4+. The van der Waals surface area contributed by atoms with Gasteiger partial charge in [0.2, 0.25) is 0 Å². The van der Waals surface area contributed by atoms with E-state index in [9.17, 15) is 9.90 Å². The van der Waals surface area contributed by atoms with Crippen LogP contribution >= 0.6 is 0 Å². The topological polar surface area (TPSA) is 40.1 Å². The highest BCUT2D eigenvalue weighted by atomic mass is 16.4. The molecule has 0 aliphatic heterocycles. The van der Waals surface area contributed by atoms with Crippen LogP contribution in [0.25, 0.3) is 0 Å².